The molecule has 0 saturated heterocycles. The highest BCUT2D eigenvalue weighted by molar-refractivity contribution is 7.99. The number of hydrogen-bond acceptors (Lipinski definition) is 6. The number of nitrogens with zero attached hydrogens (tertiary/aromatic N) is 5. The molecule has 0 unspecified atom stereocenters. The molecule has 0 bridgehead atoms. The molecule has 4 rings (SSSR count). The first-order valence-corrected chi connectivity index (χ1v) is 9.33. The zero-order chi connectivity index (χ0) is 17.1. The molecule has 1 saturated carbocycles. The quantitative estimate of drug-likeness (QED) is 0.708. The van der Waals surface area contributed by atoms with Crippen LogP contribution in [0, 0.1) is 0 Å². The van der Waals surface area contributed by atoms with Crippen molar-refractivity contribution < 1.29 is 4.79 Å². The van der Waals surface area contributed by atoms with Crippen LogP contribution >= 0.6 is 11.8 Å². The van der Waals surface area contributed by atoms with Crippen molar-refractivity contribution in [2.24, 2.45) is 0 Å². The van der Waals surface area contributed by atoms with Crippen LogP contribution < -0.4 is 5.32 Å². The molecule has 3 aromatic heterocycles. The van der Waals surface area contributed by atoms with Gasteiger partial charge in [0.1, 0.15) is 0 Å². The van der Waals surface area contributed by atoms with Crippen LogP contribution in [0.4, 0.5) is 0 Å². The first-order chi connectivity index (χ1) is 12.3. The molecule has 3 aromatic rings. The Morgan fingerprint density at radius 2 is 1.96 bits per heavy atom. The molecule has 0 aliphatic heterocycles. The van der Waals surface area contributed by atoms with Gasteiger partial charge in [0.25, 0.3) is 0 Å². The van der Waals surface area contributed by atoms with Crippen molar-refractivity contribution in [1.29, 1.82) is 0 Å². The maximum Gasteiger partial charge on any atom is 0.230 e. The fraction of sp³-hybridized carbons (Fsp3) is 0.353. The topological polar surface area (TPSA) is 85.1 Å². The maximum absolute atomic E-state index is 12.1. The summed E-state index contributed by atoms with van der Waals surface area (Å²) in [6.45, 7) is 0. The molecule has 0 radical (unpaired) electrons. The van der Waals surface area contributed by atoms with Gasteiger partial charge in [-0.15, -0.1) is 10.2 Å². The number of aromatic nitrogens is 5. The number of pyridine rings is 1. The van der Waals surface area contributed by atoms with Gasteiger partial charge in [-0.3, -0.25) is 9.78 Å². The minimum absolute atomic E-state index is 0.0407. The summed E-state index contributed by atoms with van der Waals surface area (Å²) in [6.07, 6.45) is 8.04. The Morgan fingerprint density at radius 3 is 2.76 bits per heavy atom. The van der Waals surface area contributed by atoms with Crippen molar-refractivity contribution in [1.82, 2.24) is 30.1 Å². The molecule has 8 heteroatoms. The molecule has 1 N–H and O–H groups in total. The second-order valence-electron chi connectivity index (χ2n) is 6.04. The van der Waals surface area contributed by atoms with E-state index < -0.39 is 0 Å². The van der Waals surface area contributed by atoms with Crippen LogP contribution in [0.15, 0.2) is 41.8 Å². The Labute approximate surface area is 149 Å². The number of hydrogen-bond donors (Lipinski definition) is 1. The lowest BCUT2D eigenvalue weighted by Crippen LogP contribution is -2.33. The smallest absolute Gasteiger partial charge is 0.230 e. The van der Waals surface area contributed by atoms with Gasteiger partial charge < -0.3 is 5.32 Å². The molecule has 7 nitrogen and oxygen atoms in total. The molecule has 25 heavy (non-hydrogen) atoms. The van der Waals surface area contributed by atoms with E-state index >= 15 is 0 Å². The molecular formula is C17H18N6OS. The Morgan fingerprint density at radius 1 is 1.16 bits per heavy atom. The van der Waals surface area contributed by atoms with E-state index in [4.69, 9.17) is 0 Å². The lowest BCUT2D eigenvalue weighted by atomic mass is 10.2. The summed E-state index contributed by atoms with van der Waals surface area (Å²) < 4.78 is 1.68. The van der Waals surface area contributed by atoms with Crippen molar-refractivity contribution in [2.75, 3.05) is 5.75 Å². The van der Waals surface area contributed by atoms with E-state index in [1.54, 1.807) is 16.9 Å². The van der Waals surface area contributed by atoms with Crippen molar-refractivity contribution in [3.8, 4) is 11.3 Å². The first-order valence-electron chi connectivity index (χ1n) is 8.34. The normalized spacial score (nSPS) is 14.9. The molecule has 3 heterocycles. The van der Waals surface area contributed by atoms with E-state index in [1.807, 2.05) is 24.3 Å². The summed E-state index contributed by atoms with van der Waals surface area (Å²) in [6, 6.07) is 7.92. The van der Waals surface area contributed by atoms with Crippen molar-refractivity contribution >= 4 is 23.3 Å². The number of fused-ring (bicyclic) bond motifs is 1. The summed E-state index contributed by atoms with van der Waals surface area (Å²) >= 11 is 1.35. The van der Waals surface area contributed by atoms with E-state index in [2.05, 4.69) is 25.6 Å². The molecule has 0 aromatic carbocycles. The van der Waals surface area contributed by atoms with Crippen molar-refractivity contribution in [2.45, 2.75) is 36.9 Å². The standard InChI is InChI=1S/C17H18N6OS/c24-16(19-13-3-1-2-4-13)11-25-17-21-20-15-6-5-14(22-23(15)17)12-7-9-18-10-8-12/h5-10,13H,1-4,11H2,(H,19,24). The summed E-state index contributed by atoms with van der Waals surface area (Å²) in [7, 11) is 0. The number of thioether (sulfide) groups is 1. The maximum atomic E-state index is 12.1. The molecular weight excluding hydrogens is 336 g/mol. The predicted octanol–water partition coefficient (Wildman–Crippen LogP) is 2.34. The Kier molecular flexibility index (Phi) is 4.60. The van der Waals surface area contributed by atoms with E-state index in [1.165, 1.54) is 24.6 Å². The monoisotopic (exact) mass is 354 g/mol. The van der Waals surface area contributed by atoms with Gasteiger partial charge in [0, 0.05) is 24.0 Å². The van der Waals surface area contributed by atoms with Gasteiger partial charge in [0.15, 0.2) is 5.65 Å². The van der Waals surface area contributed by atoms with E-state index in [-0.39, 0.29) is 5.91 Å². The Balaban J connectivity index is 1.48. The minimum atomic E-state index is 0.0407. The van der Waals surface area contributed by atoms with Crippen LogP contribution in [-0.4, -0.2) is 42.5 Å². The number of rotatable bonds is 5. The van der Waals surface area contributed by atoms with Crippen LogP contribution in [0.1, 0.15) is 25.7 Å². The van der Waals surface area contributed by atoms with Crippen LogP contribution in [0.5, 0.6) is 0 Å². The lowest BCUT2D eigenvalue weighted by molar-refractivity contribution is -0.119. The molecule has 1 aliphatic carbocycles. The molecule has 1 aliphatic rings. The lowest BCUT2D eigenvalue weighted by Gasteiger charge is -2.10. The van der Waals surface area contributed by atoms with Crippen LogP contribution in [0.3, 0.4) is 0 Å². The van der Waals surface area contributed by atoms with Gasteiger partial charge in [-0.1, -0.05) is 24.6 Å². The summed E-state index contributed by atoms with van der Waals surface area (Å²) in [4.78, 5) is 16.1. The van der Waals surface area contributed by atoms with Crippen LogP contribution in [-0.2, 0) is 4.79 Å². The van der Waals surface area contributed by atoms with Gasteiger partial charge >= 0.3 is 0 Å². The van der Waals surface area contributed by atoms with Gasteiger partial charge in [-0.25, -0.2) is 0 Å². The second kappa shape index (κ2) is 7.18. The largest absolute Gasteiger partial charge is 0.353 e. The Hall–Kier alpha value is -2.48. The zero-order valence-electron chi connectivity index (χ0n) is 13.6. The number of nitrogens with one attached hydrogen (secondary N) is 1. The average Bonchev–Trinajstić information content (AvgIpc) is 3.30. The third-order valence-electron chi connectivity index (χ3n) is 4.26. The van der Waals surface area contributed by atoms with E-state index in [0.29, 0.717) is 22.6 Å². The van der Waals surface area contributed by atoms with Gasteiger partial charge in [0.05, 0.1) is 11.4 Å². The van der Waals surface area contributed by atoms with Crippen molar-refractivity contribution in [3.05, 3.63) is 36.7 Å². The molecule has 1 amide bonds. The highest BCUT2D eigenvalue weighted by Gasteiger charge is 2.18. The minimum Gasteiger partial charge on any atom is -0.353 e. The number of carbonyl (C=O) groups is 1. The summed E-state index contributed by atoms with van der Waals surface area (Å²) in [5, 5.41) is 16.6. The zero-order valence-corrected chi connectivity index (χ0v) is 14.4. The van der Waals surface area contributed by atoms with Gasteiger partial charge in [-0.2, -0.15) is 9.61 Å². The Bertz CT molecular complexity index is 875. The van der Waals surface area contributed by atoms with Crippen LogP contribution in [0.2, 0.25) is 0 Å². The van der Waals surface area contributed by atoms with Gasteiger partial charge in [0.2, 0.25) is 11.1 Å². The highest BCUT2D eigenvalue weighted by Crippen LogP contribution is 2.21. The molecule has 0 spiro atoms. The van der Waals surface area contributed by atoms with E-state index in [9.17, 15) is 4.79 Å². The molecule has 128 valence electrons. The third-order valence-corrected chi connectivity index (χ3v) is 5.18. The average molecular weight is 354 g/mol. The molecule has 1 fully saturated rings. The first kappa shape index (κ1) is 16.0. The van der Waals surface area contributed by atoms with Crippen LogP contribution in [0.25, 0.3) is 16.9 Å². The number of carbonyl (C=O) groups excluding carboxylic acids is 1. The summed E-state index contributed by atoms with van der Waals surface area (Å²) in [5.41, 5.74) is 2.45. The second-order valence-corrected chi connectivity index (χ2v) is 6.99. The summed E-state index contributed by atoms with van der Waals surface area (Å²) in [5.74, 6) is 0.359. The number of amides is 1. The van der Waals surface area contributed by atoms with Crippen molar-refractivity contribution in [3.63, 3.8) is 0 Å². The fourth-order valence-electron chi connectivity index (χ4n) is 3.01. The van der Waals surface area contributed by atoms with E-state index in [0.717, 1.165) is 24.1 Å². The SMILES string of the molecule is O=C(CSc1nnc2ccc(-c3ccncc3)nn12)NC1CCCC1. The third kappa shape index (κ3) is 3.63. The predicted molar refractivity (Wildman–Crippen MR) is 95.1 cm³/mol. The fourth-order valence-corrected chi connectivity index (χ4v) is 3.70. The molecule has 0 atom stereocenters. The highest BCUT2D eigenvalue weighted by atomic mass is 32.2. The van der Waals surface area contributed by atoms with Gasteiger partial charge in [-0.05, 0) is 37.1 Å².